The van der Waals surface area contributed by atoms with Gasteiger partial charge in [-0.25, -0.2) is 4.79 Å². The third kappa shape index (κ3) is 3.13. The number of nitrogens with zero attached hydrogens (tertiary/aromatic N) is 2. The number of benzene rings is 1. The van der Waals surface area contributed by atoms with Gasteiger partial charge in [-0.2, -0.15) is 0 Å². The van der Waals surface area contributed by atoms with Gasteiger partial charge < -0.3 is 0 Å². The average molecular weight is 407 g/mol. The fourth-order valence-electron chi connectivity index (χ4n) is 2.76. The SMILES string of the molecule is CC(C)Cn1c(=O)n(C)c(=O)c2cc(Cc3ccccc3Br)sc21. The van der Waals surface area contributed by atoms with Crippen molar-refractivity contribution < 1.29 is 0 Å². The lowest BCUT2D eigenvalue weighted by Gasteiger charge is -2.11. The maximum Gasteiger partial charge on any atom is 0.331 e. The van der Waals surface area contributed by atoms with Crippen molar-refractivity contribution >= 4 is 37.5 Å². The molecular formula is C18H19BrN2O2S. The van der Waals surface area contributed by atoms with Gasteiger partial charge in [-0.1, -0.05) is 48.0 Å². The van der Waals surface area contributed by atoms with Crippen molar-refractivity contribution in [3.8, 4) is 0 Å². The molecule has 4 nitrogen and oxygen atoms in total. The standard InChI is InChI=1S/C18H19BrN2O2S/c1-11(2)10-21-17-14(16(22)20(3)18(21)23)9-13(24-17)8-12-6-4-5-7-15(12)19/h4-7,9,11H,8,10H2,1-3H3. The molecule has 0 fully saturated rings. The van der Waals surface area contributed by atoms with E-state index in [2.05, 4.69) is 35.8 Å². The van der Waals surface area contributed by atoms with E-state index in [0.717, 1.165) is 20.6 Å². The molecule has 2 heterocycles. The molecule has 0 spiro atoms. The summed E-state index contributed by atoms with van der Waals surface area (Å²) >= 11 is 5.10. The minimum absolute atomic E-state index is 0.218. The van der Waals surface area contributed by atoms with E-state index in [0.29, 0.717) is 17.8 Å². The highest BCUT2D eigenvalue weighted by Crippen LogP contribution is 2.27. The maximum absolute atomic E-state index is 12.5. The fourth-order valence-corrected chi connectivity index (χ4v) is 4.36. The Morgan fingerprint density at radius 1 is 1.21 bits per heavy atom. The number of thiophene rings is 1. The van der Waals surface area contributed by atoms with E-state index in [1.54, 1.807) is 11.6 Å². The summed E-state index contributed by atoms with van der Waals surface area (Å²) in [5.41, 5.74) is 0.707. The van der Waals surface area contributed by atoms with Crippen LogP contribution in [0.2, 0.25) is 0 Å². The van der Waals surface area contributed by atoms with Gasteiger partial charge in [-0.3, -0.25) is 13.9 Å². The second-order valence-electron chi connectivity index (χ2n) is 6.35. The first-order chi connectivity index (χ1) is 11.4. The van der Waals surface area contributed by atoms with Crippen LogP contribution in [0.15, 0.2) is 44.4 Å². The van der Waals surface area contributed by atoms with E-state index in [1.807, 2.05) is 24.3 Å². The molecule has 6 heteroatoms. The Morgan fingerprint density at radius 2 is 1.92 bits per heavy atom. The average Bonchev–Trinajstić information content (AvgIpc) is 2.95. The van der Waals surface area contributed by atoms with Gasteiger partial charge in [-0.05, 0) is 23.6 Å². The van der Waals surface area contributed by atoms with Crippen molar-refractivity contribution in [1.82, 2.24) is 9.13 Å². The molecule has 0 bridgehead atoms. The predicted molar refractivity (Wildman–Crippen MR) is 103 cm³/mol. The molecular weight excluding hydrogens is 388 g/mol. The third-order valence-electron chi connectivity index (χ3n) is 3.93. The van der Waals surface area contributed by atoms with Crippen LogP contribution in [-0.2, 0) is 20.0 Å². The van der Waals surface area contributed by atoms with E-state index in [1.165, 1.54) is 21.5 Å². The van der Waals surface area contributed by atoms with Crippen LogP contribution < -0.4 is 11.2 Å². The molecule has 1 aromatic carbocycles. The van der Waals surface area contributed by atoms with E-state index >= 15 is 0 Å². The van der Waals surface area contributed by atoms with Gasteiger partial charge in [0, 0.05) is 29.4 Å². The van der Waals surface area contributed by atoms with E-state index < -0.39 is 0 Å². The fraction of sp³-hybridized carbons (Fsp3) is 0.333. The molecule has 0 aliphatic rings. The molecule has 0 saturated carbocycles. The van der Waals surface area contributed by atoms with Crippen molar-refractivity contribution in [2.24, 2.45) is 13.0 Å². The first kappa shape index (κ1) is 17.2. The Hall–Kier alpha value is -1.66. The van der Waals surface area contributed by atoms with Gasteiger partial charge in [0.1, 0.15) is 4.83 Å². The molecule has 0 unspecified atom stereocenters. The number of hydrogen-bond donors (Lipinski definition) is 0. The normalized spacial score (nSPS) is 11.5. The first-order valence-corrected chi connectivity index (χ1v) is 9.45. The molecule has 2 aromatic heterocycles. The highest BCUT2D eigenvalue weighted by Gasteiger charge is 2.16. The lowest BCUT2D eigenvalue weighted by Crippen LogP contribution is -2.38. The highest BCUT2D eigenvalue weighted by atomic mass is 79.9. The first-order valence-electron chi connectivity index (χ1n) is 7.84. The monoisotopic (exact) mass is 406 g/mol. The Kier molecular flexibility index (Phi) is 4.78. The number of fused-ring (bicyclic) bond motifs is 1. The van der Waals surface area contributed by atoms with Gasteiger partial charge in [-0.15, -0.1) is 11.3 Å². The van der Waals surface area contributed by atoms with Crippen molar-refractivity contribution in [2.75, 3.05) is 0 Å². The number of aromatic nitrogens is 2. The predicted octanol–water partition coefficient (Wildman–Crippen LogP) is 3.77. The molecule has 0 atom stereocenters. The number of hydrogen-bond acceptors (Lipinski definition) is 3. The summed E-state index contributed by atoms with van der Waals surface area (Å²) in [5.74, 6) is 0.331. The zero-order chi connectivity index (χ0) is 17.4. The van der Waals surface area contributed by atoms with Gasteiger partial charge >= 0.3 is 5.69 Å². The Labute approximate surface area is 152 Å². The maximum atomic E-state index is 12.5. The van der Waals surface area contributed by atoms with Crippen LogP contribution in [0.1, 0.15) is 24.3 Å². The molecule has 3 rings (SSSR count). The van der Waals surface area contributed by atoms with Crippen LogP contribution in [0, 0.1) is 5.92 Å². The topological polar surface area (TPSA) is 44.0 Å². The molecule has 3 aromatic rings. The highest BCUT2D eigenvalue weighted by molar-refractivity contribution is 9.10. The van der Waals surface area contributed by atoms with E-state index in [-0.39, 0.29) is 11.2 Å². The van der Waals surface area contributed by atoms with Crippen molar-refractivity contribution in [3.05, 3.63) is 66.1 Å². The summed E-state index contributed by atoms with van der Waals surface area (Å²) in [4.78, 5) is 26.8. The summed E-state index contributed by atoms with van der Waals surface area (Å²) in [6.45, 7) is 4.75. The number of rotatable bonds is 4. The zero-order valence-electron chi connectivity index (χ0n) is 13.9. The molecule has 126 valence electrons. The van der Waals surface area contributed by atoms with E-state index in [4.69, 9.17) is 0 Å². The van der Waals surface area contributed by atoms with E-state index in [9.17, 15) is 9.59 Å². The molecule has 0 N–H and O–H groups in total. The summed E-state index contributed by atoms with van der Waals surface area (Å²) in [7, 11) is 1.55. The second kappa shape index (κ2) is 6.69. The van der Waals surface area contributed by atoms with Crippen molar-refractivity contribution in [2.45, 2.75) is 26.8 Å². The van der Waals surface area contributed by atoms with Gasteiger partial charge in [0.2, 0.25) is 0 Å². The molecule has 0 aliphatic heterocycles. The Bertz CT molecular complexity index is 1010. The molecule has 24 heavy (non-hydrogen) atoms. The third-order valence-corrected chi connectivity index (χ3v) is 5.86. The lowest BCUT2D eigenvalue weighted by molar-refractivity contribution is 0.504. The number of halogens is 1. The molecule has 0 amide bonds. The minimum Gasteiger partial charge on any atom is -0.284 e. The smallest absolute Gasteiger partial charge is 0.284 e. The van der Waals surface area contributed by atoms with Crippen LogP contribution >= 0.6 is 27.3 Å². The Balaban J connectivity index is 2.17. The summed E-state index contributed by atoms with van der Waals surface area (Å²) < 4.78 is 3.99. The zero-order valence-corrected chi connectivity index (χ0v) is 16.3. The molecule has 0 aliphatic carbocycles. The summed E-state index contributed by atoms with van der Waals surface area (Å²) in [6.07, 6.45) is 0.736. The van der Waals surface area contributed by atoms with Crippen LogP contribution in [0.3, 0.4) is 0 Å². The molecule has 0 radical (unpaired) electrons. The van der Waals surface area contributed by atoms with Crippen LogP contribution in [-0.4, -0.2) is 9.13 Å². The van der Waals surface area contributed by atoms with Gasteiger partial charge in [0.15, 0.2) is 0 Å². The van der Waals surface area contributed by atoms with Crippen molar-refractivity contribution in [3.63, 3.8) is 0 Å². The molecule has 0 saturated heterocycles. The van der Waals surface area contributed by atoms with Gasteiger partial charge in [0.25, 0.3) is 5.56 Å². The van der Waals surface area contributed by atoms with Crippen LogP contribution in [0.4, 0.5) is 0 Å². The van der Waals surface area contributed by atoms with Crippen LogP contribution in [0.5, 0.6) is 0 Å². The second-order valence-corrected chi connectivity index (χ2v) is 8.32. The van der Waals surface area contributed by atoms with Crippen LogP contribution in [0.25, 0.3) is 10.2 Å². The summed E-state index contributed by atoms with van der Waals surface area (Å²) in [5, 5.41) is 0.629. The van der Waals surface area contributed by atoms with Crippen molar-refractivity contribution in [1.29, 1.82) is 0 Å². The largest absolute Gasteiger partial charge is 0.331 e. The minimum atomic E-state index is -0.240. The quantitative estimate of drug-likeness (QED) is 0.661. The van der Waals surface area contributed by atoms with Gasteiger partial charge in [0.05, 0.1) is 5.39 Å². The summed E-state index contributed by atoms with van der Waals surface area (Å²) in [6, 6.07) is 9.98. The lowest BCUT2D eigenvalue weighted by atomic mass is 10.1. The Morgan fingerprint density at radius 3 is 2.58 bits per heavy atom.